The van der Waals surface area contributed by atoms with E-state index in [4.69, 9.17) is 4.74 Å². The summed E-state index contributed by atoms with van der Waals surface area (Å²) >= 11 is 0. The maximum absolute atomic E-state index is 13.3. The summed E-state index contributed by atoms with van der Waals surface area (Å²) in [7, 11) is 1.84. The number of carbonyl (C=O) groups excluding carboxylic acids is 1. The average Bonchev–Trinajstić information content (AvgIpc) is 3.14. The van der Waals surface area contributed by atoms with E-state index < -0.39 is 29.1 Å². The Hall–Kier alpha value is -3.31. The number of aliphatic hydroxyl groups is 1. The van der Waals surface area contributed by atoms with Gasteiger partial charge in [-0.25, -0.2) is 4.98 Å². The third-order valence-corrected chi connectivity index (χ3v) is 5.19. The summed E-state index contributed by atoms with van der Waals surface area (Å²) in [5, 5.41) is 20.8. The molecule has 2 N–H and O–H groups in total. The van der Waals surface area contributed by atoms with Crippen LogP contribution in [-0.4, -0.2) is 44.0 Å². The predicted octanol–water partition coefficient (Wildman–Crippen LogP) is 2.48. The van der Waals surface area contributed by atoms with E-state index >= 15 is 0 Å². The van der Waals surface area contributed by atoms with Crippen LogP contribution in [0.3, 0.4) is 0 Å². The highest BCUT2D eigenvalue weighted by Gasteiger charge is 2.41. The summed E-state index contributed by atoms with van der Waals surface area (Å²) in [6.45, 7) is -0.300. The molecule has 0 spiro atoms. The molecule has 0 atom stereocenters. The number of benzene rings is 1. The fraction of sp³-hybridized carbons (Fsp3) is 0.333. The molecule has 1 saturated heterocycles. The minimum atomic E-state index is -4.77. The van der Waals surface area contributed by atoms with E-state index in [-0.39, 0.29) is 18.8 Å². The van der Waals surface area contributed by atoms with Crippen LogP contribution in [0.4, 0.5) is 18.9 Å². The normalized spacial score (nSPS) is 15.3. The minimum absolute atomic E-state index is 0.0614. The lowest BCUT2D eigenvalue weighted by molar-refractivity contribution is -0.185. The van der Waals surface area contributed by atoms with Gasteiger partial charge in [0, 0.05) is 19.2 Å². The number of alkyl halides is 3. The number of ether oxygens (including phenoxy) is 1. The van der Waals surface area contributed by atoms with Crippen molar-refractivity contribution in [3.05, 3.63) is 71.1 Å². The molecule has 2 aromatic heterocycles. The van der Waals surface area contributed by atoms with Gasteiger partial charge in [-0.05, 0) is 41.8 Å². The van der Waals surface area contributed by atoms with Gasteiger partial charge in [0.05, 0.1) is 13.2 Å². The number of rotatable bonds is 6. The van der Waals surface area contributed by atoms with Crippen LogP contribution >= 0.6 is 0 Å². The van der Waals surface area contributed by atoms with E-state index in [9.17, 15) is 23.1 Å². The van der Waals surface area contributed by atoms with Gasteiger partial charge in [-0.3, -0.25) is 4.79 Å². The zero-order valence-corrected chi connectivity index (χ0v) is 17.1. The molecule has 1 aliphatic rings. The number of hydrogen-bond acceptors (Lipinski definition) is 6. The Morgan fingerprint density at radius 1 is 1.25 bits per heavy atom. The van der Waals surface area contributed by atoms with Crippen molar-refractivity contribution in [3.8, 4) is 0 Å². The fourth-order valence-corrected chi connectivity index (χ4v) is 3.31. The molecule has 0 radical (unpaired) electrons. The van der Waals surface area contributed by atoms with Gasteiger partial charge in [0.15, 0.2) is 0 Å². The summed E-state index contributed by atoms with van der Waals surface area (Å²) in [4.78, 5) is 16.2. The number of nitrogens with zero attached hydrogens (tertiary/aromatic N) is 4. The van der Waals surface area contributed by atoms with Crippen molar-refractivity contribution >= 4 is 11.6 Å². The molecule has 32 heavy (non-hydrogen) atoms. The standard InChI is InChI=1S/C21H20F3N5O3/c1-29-12-25-28-18(29)6-5-13-3-2-4-15(7-13)26-19(30)16-8-14(20(31)10-32-11-20)9-17(27-16)21(22,23)24/h2-4,7-9,12,31H,5-6,10-11H2,1H3,(H,26,30). The first kappa shape index (κ1) is 21.9. The lowest BCUT2D eigenvalue weighted by Crippen LogP contribution is -2.46. The lowest BCUT2D eigenvalue weighted by atomic mass is 9.91. The van der Waals surface area contributed by atoms with E-state index in [1.165, 1.54) is 0 Å². The molecule has 8 nitrogen and oxygen atoms in total. The molecule has 4 rings (SSSR count). The van der Waals surface area contributed by atoms with Gasteiger partial charge in [0.25, 0.3) is 5.91 Å². The SMILES string of the molecule is Cn1cnnc1CCc1cccc(NC(=O)c2cc(C3(O)COC3)cc(C(F)(F)F)n2)c1. The molecule has 1 aromatic carbocycles. The number of nitrogens with one attached hydrogen (secondary N) is 1. The number of pyridine rings is 1. The highest BCUT2D eigenvalue weighted by molar-refractivity contribution is 6.03. The molecule has 3 heterocycles. The Balaban J connectivity index is 1.53. The van der Waals surface area contributed by atoms with Crippen LogP contribution in [0.2, 0.25) is 0 Å². The van der Waals surface area contributed by atoms with Crippen molar-refractivity contribution < 1.29 is 27.8 Å². The number of hydrogen-bond donors (Lipinski definition) is 2. The fourth-order valence-electron chi connectivity index (χ4n) is 3.31. The summed E-state index contributed by atoms with van der Waals surface area (Å²) in [5.74, 6) is -0.00955. The van der Waals surface area contributed by atoms with E-state index in [1.807, 2.05) is 17.7 Å². The second kappa shape index (κ2) is 8.32. The number of halogens is 3. The van der Waals surface area contributed by atoms with Crippen LogP contribution < -0.4 is 5.32 Å². The molecule has 3 aromatic rings. The van der Waals surface area contributed by atoms with Gasteiger partial charge in [0.1, 0.15) is 29.1 Å². The third kappa shape index (κ3) is 4.63. The molecule has 0 aliphatic carbocycles. The molecule has 1 aliphatic heterocycles. The smallest absolute Gasteiger partial charge is 0.380 e. The first-order valence-corrected chi connectivity index (χ1v) is 9.77. The molecule has 0 bridgehead atoms. The molecule has 0 saturated carbocycles. The Kier molecular flexibility index (Phi) is 5.70. The molecular formula is C21H20F3N5O3. The van der Waals surface area contributed by atoms with Crippen LogP contribution in [0, 0.1) is 0 Å². The zero-order chi connectivity index (χ0) is 22.9. The molecule has 11 heteroatoms. The second-order valence-corrected chi connectivity index (χ2v) is 7.66. The van der Waals surface area contributed by atoms with E-state index in [0.717, 1.165) is 23.5 Å². The molecule has 1 amide bonds. The van der Waals surface area contributed by atoms with Gasteiger partial charge < -0.3 is 19.7 Å². The van der Waals surface area contributed by atoms with Crippen molar-refractivity contribution in [2.24, 2.45) is 7.05 Å². The highest BCUT2D eigenvalue weighted by Crippen LogP contribution is 2.34. The maximum Gasteiger partial charge on any atom is 0.433 e. The average molecular weight is 447 g/mol. The minimum Gasteiger partial charge on any atom is -0.380 e. The van der Waals surface area contributed by atoms with Gasteiger partial charge in [-0.15, -0.1) is 10.2 Å². The Morgan fingerprint density at radius 3 is 2.66 bits per heavy atom. The molecule has 168 valence electrons. The van der Waals surface area contributed by atoms with Gasteiger partial charge in [-0.2, -0.15) is 13.2 Å². The quantitative estimate of drug-likeness (QED) is 0.602. The van der Waals surface area contributed by atoms with Crippen molar-refractivity contribution in [2.75, 3.05) is 18.5 Å². The number of carbonyl (C=O) groups is 1. The van der Waals surface area contributed by atoms with Crippen LogP contribution in [0.15, 0.2) is 42.7 Å². The van der Waals surface area contributed by atoms with E-state index in [1.54, 1.807) is 24.5 Å². The van der Waals surface area contributed by atoms with Crippen molar-refractivity contribution in [3.63, 3.8) is 0 Å². The summed E-state index contributed by atoms with van der Waals surface area (Å²) in [5.41, 5.74) is -2.01. The lowest BCUT2D eigenvalue weighted by Gasteiger charge is -2.37. The number of aryl methyl sites for hydroxylation is 3. The second-order valence-electron chi connectivity index (χ2n) is 7.66. The first-order chi connectivity index (χ1) is 15.1. The summed E-state index contributed by atoms with van der Waals surface area (Å²) < 4.78 is 46.7. The summed E-state index contributed by atoms with van der Waals surface area (Å²) in [6.07, 6.45) is -1.90. The van der Waals surface area contributed by atoms with Crippen molar-refractivity contribution in [1.29, 1.82) is 0 Å². The van der Waals surface area contributed by atoms with Crippen LogP contribution in [0.25, 0.3) is 0 Å². The van der Waals surface area contributed by atoms with Crippen LogP contribution in [-0.2, 0) is 36.4 Å². The van der Waals surface area contributed by atoms with Crippen LogP contribution in [0.5, 0.6) is 0 Å². The Bertz CT molecular complexity index is 1140. The van der Waals surface area contributed by atoms with Crippen molar-refractivity contribution in [2.45, 2.75) is 24.6 Å². The predicted molar refractivity (Wildman–Crippen MR) is 107 cm³/mol. The Morgan fingerprint density at radius 2 is 2.03 bits per heavy atom. The van der Waals surface area contributed by atoms with Gasteiger partial charge in [-0.1, -0.05) is 12.1 Å². The summed E-state index contributed by atoms with van der Waals surface area (Å²) in [6, 6.07) is 8.87. The number of aromatic nitrogens is 4. The largest absolute Gasteiger partial charge is 0.433 e. The first-order valence-electron chi connectivity index (χ1n) is 9.77. The molecule has 0 unspecified atom stereocenters. The number of amides is 1. The Labute approximate surface area is 181 Å². The monoisotopic (exact) mass is 447 g/mol. The van der Waals surface area contributed by atoms with E-state index in [0.29, 0.717) is 18.5 Å². The molecular weight excluding hydrogens is 427 g/mol. The third-order valence-electron chi connectivity index (χ3n) is 5.19. The zero-order valence-electron chi connectivity index (χ0n) is 17.1. The van der Waals surface area contributed by atoms with E-state index in [2.05, 4.69) is 20.5 Å². The highest BCUT2D eigenvalue weighted by atomic mass is 19.4. The van der Waals surface area contributed by atoms with Gasteiger partial charge in [0.2, 0.25) is 0 Å². The van der Waals surface area contributed by atoms with Gasteiger partial charge >= 0.3 is 6.18 Å². The number of anilines is 1. The maximum atomic E-state index is 13.3. The van der Waals surface area contributed by atoms with Crippen molar-refractivity contribution in [1.82, 2.24) is 19.7 Å². The topological polar surface area (TPSA) is 102 Å². The molecule has 1 fully saturated rings. The van der Waals surface area contributed by atoms with Crippen LogP contribution in [0.1, 0.15) is 33.1 Å².